The quantitative estimate of drug-likeness (QED) is 0.418. The summed E-state index contributed by atoms with van der Waals surface area (Å²) in [6.45, 7) is 1.89. The second-order valence-corrected chi connectivity index (χ2v) is 7.48. The number of rotatable bonds is 4. The molecule has 146 valence electrons. The van der Waals surface area contributed by atoms with Crippen LogP contribution in [-0.4, -0.2) is 21.1 Å². The topological polar surface area (TPSA) is 96.7 Å². The average Bonchev–Trinajstić information content (AvgIpc) is 3.19. The van der Waals surface area contributed by atoms with Gasteiger partial charge in [-0.15, -0.1) is 0 Å². The van der Waals surface area contributed by atoms with E-state index in [9.17, 15) is 4.79 Å². The van der Waals surface area contributed by atoms with Crippen LogP contribution in [0.25, 0.3) is 22.2 Å². The molecule has 0 fully saturated rings. The van der Waals surface area contributed by atoms with Gasteiger partial charge in [0.25, 0.3) is 5.91 Å². The second kappa shape index (κ2) is 7.83. The molecule has 0 radical (unpaired) electrons. The molecule has 4 rings (SSSR count). The third kappa shape index (κ3) is 3.82. The lowest BCUT2D eigenvalue weighted by atomic mass is 9.93. The Morgan fingerprint density at radius 2 is 1.97 bits per heavy atom. The molecular formula is C21H17Cl2N5O. The number of nitrogens with two attached hydrogens (primary N) is 1. The highest BCUT2D eigenvalue weighted by atomic mass is 35.5. The molecule has 1 atom stereocenters. The molecule has 0 aliphatic heterocycles. The molecule has 2 aromatic carbocycles. The second-order valence-electron chi connectivity index (χ2n) is 6.66. The molecule has 0 bridgehead atoms. The number of hydrogen-bond donors (Lipinski definition) is 3. The van der Waals surface area contributed by atoms with E-state index in [-0.39, 0.29) is 11.9 Å². The Labute approximate surface area is 177 Å². The monoisotopic (exact) mass is 425 g/mol. The summed E-state index contributed by atoms with van der Waals surface area (Å²) >= 11 is 12.2. The Hall–Kier alpha value is -2.93. The molecule has 0 aliphatic carbocycles. The molecule has 4 aromatic rings. The van der Waals surface area contributed by atoms with Gasteiger partial charge >= 0.3 is 0 Å². The van der Waals surface area contributed by atoms with Crippen LogP contribution in [0.2, 0.25) is 10.0 Å². The summed E-state index contributed by atoms with van der Waals surface area (Å²) in [7, 11) is 0. The molecule has 1 amide bonds. The minimum atomic E-state index is -0.253. The fourth-order valence-electron chi connectivity index (χ4n) is 3.16. The van der Waals surface area contributed by atoms with Crippen molar-refractivity contribution in [1.29, 1.82) is 0 Å². The third-order valence-electron chi connectivity index (χ3n) is 4.64. The van der Waals surface area contributed by atoms with Crippen molar-refractivity contribution in [3.05, 3.63) is 76.0 Å². The number of benzene rings is 2. The van der Waals surface area contributed by atoms with Crippen LogP contribution in [0.5, 0.6) is 0 Å². The molecule has 8 heteroatoms. The maximum atomic E-state index is 12.9. The lowest BCUT2D eigenvalue weighted by Gasteiger charge is -2.15. The zero-order valence-electron chi connectivity index (χ0n) is 15.4. The number of aromatic nitrogens is 3. The van der Waals surface area contributed by atoms with Crippen molar-refractivity contribution >= 4 is 45.8 Å². The number of nitrogens with zero attached hydrogens (tertiary/aromatic N) is 2. The number of amides is 1. The normalized spacial score (nSPS) is 12.1. The maximum absolute atomic E-state index is 12.9. The molecule has 0 spiro atoms. The van der Waals surface area contributed by atoms with E-state index in [0.29, 0.717) is 26.9 Å². The number of fused-ring (bicyclic) bond motifs is 1. The molecule has 0 aliphatic rings. The Morgan fingerprint density at radius 3 is 2.72 bits per heavy atom. The van der Waals surface area contributed by atoms with Crippen molar-refractivity contribution < 1.29 is 4.79 Å². The number of carbonyl (C=O) groups is 1. The first-order valence-electron chi connectivity index (χ1n) is 8.88. The van der Waals surface area contributed by atoms with Crippen molar-refractivity contribution in [2.24, 2.45) is 5.73 Å². The third-order valence-corrected chi connectivity index (χ3v) is 5.38. The molecule has 0 saturated heterocycles. The number of nitrogens with one attached hydrogen (secondary N) is 2. The van der Waals surface area contributed by atoms with E-state index in [0.717, 1.165) is 22.1 Å². The van der Waals surface area contributed by atoms with Gasteiger partial charge in [0.15, 0.2) is 5.65 Å². The number of carbonyl (C=O) groups excluding carboxylic acids is 1. The van der Waals surface area contributed by atoms with Crippen molar-refractivity contribution in [3.63, 3.8) is 0 Å². The number of aromatic amines is 1. The van der Waals surface area contributed by atoms with Crippen LogP contribution in [0.3, 0.4) is 0 Å². The van der Waals surface area contributed by atoms with E-state index in [1.54, 1.807) is 42.7 Å². The fourth-order valence-corrected chi connectivity index (χ4v) is 3.46. The van der Waals surface area contributed by atoms with Gasteiger partial charge in [0.1, 0.15) is 0 Å². The van der Waals surface area contributed by atoms with Crippen LogP contribution in [-0.2, 0) is 0 Å². The van der Waals surface area contributed by atoms with E-state index in [1.165, 1.54) is 0 Å². The Bertz CT molecular complexity index is 1220. The van der Waals surface area contributed by atoms with Crippen molar-refractivity contribution in [1.82, 2.24) is 15.2 Å². The fraction of sp³-hybridized carbons (Fsp3) is 0.0952. The van der Waals surface area contributed by atoms with Gasteiger partial charge in [-0.05, 0) is 53.9 Å². The zero-order valence-corrected chi connectivity index (χ0v) is 16.9. The van der Waals surface area contributed by atoms with Crippen molar-refractivity contribution in [2.45, 2.75) is 13.0 Å². The van der Waals surface area contributed by atoms with Crippen LogP contribution >= 0.6 is 23.2 Å². The highest BCUT2D eigenvalue weighted by Gasteiger charge is 2.15. The van der Waals surface area contributed by atoms with Gasteiger partial charge in [-0.3, -0.25) is 9.89 Å². The molecular weight excluding hydrogens is 409 g/mol. The molecule has 0 saturated carbocycles. The summed E-state index contributed by atoms with van der Waals surface area (Å²) in [6, 6.07) is 12.3. The largest absolute Gasteiger partial charge is 0.324 e. The van der Waals surface area contributed by atoms with E-state index in [1.807, 2.05) is 19.1 Å². The molecule has 1 unspecified atom stereocenters. The van der Waals surface area contributed by atoms with Crippen molar-refractivity contribution in [3.8, 4) is 11.1 Å². The smallest absolute Gasteiger partial charge is 0.255 e. The first-order chi connectivity index (χ1) is 13.9. The van der Waals surface area contributed by atoms with Gasteiger partial charge in [0, 0.05) is 17.8 Å². The lowest BCUT2D eigenvalue weighted by Crippen LogP contribution is -2.14. The minimum absolute atomic E-state index is 0.220. The number of H-pyrrole nitrogens is 1. The summed E-state index contributed by atoms with van der Waals surface area (Å²) < 4.78 is 0. The highest BCUT2D eigenvalue weighted by Crippen LogP contribution is 2.33. The predicted octanol–water partition coefficient (Wildman–Crippen LogP) is 5.20. The van der Waals surface area contributed by atoms with E-state index < -0.39 is 0 Å². The van der Waals surface area contributed by atoms with Gasteiger partial charge in [-0.1, -0.05) is 35.3 Å². The van der Waals surface area contributed by atoms with Crippen LogP contribution in [0, 0.1) is 0 Å². The van der Waals surface area contributed by atoms with Gasteiger partial charge in [0.2, 0.25) is 0 Å². The standard InChI is InChI=1S/C21H17Cl2N5O/c1-11(24)14-4-2-13(8-15(14)12-3-5-17(22)18(23)9-12)21(29)27-19-6-7-25-20-16(19)10-26-28-20/h2-11H,24H2,1H3,(H2,25,26,27,28,29). The minimum Gasteiger partial charge on any atom is -0.324 e. The summed E-state index contributed by atoms with van der Waals surface area (Å²) in [4.78, 5) is 17.1. The van der Waals surface area contributed by atoms with Crippen LogP contribution in [0.1, 0.15) is 28.9 Å². The molecule has 29 heavy (non-hydrogen) atoms. The van der Waals surface area contributed by atoms with E-state index in [4.69, 9.17) is 28.9 Å². The highest BCUT2D eigenvalue weighted by molar-refractivity contribution is 6.42. The van der Waals surface area contributed by atoms with Gasteiger partial charge in [0.05, 0.1) is 27.3 Å². The zero-order chi connectivity index (χ0) is 20.5. The Morgan fingerprint density at radius 1 is 1.14 bits per heavy atom. The van der Waals surface area contributed by atoms with Crippen molar-refractivity contribution in [2.75, 3.05) is 5.32 Å². The molecule has 6 nitrogen and oxygen atoms in total. The average molecular weight is 426 g/mol. The first-order valence-corrected chi connectivity index (χ1v) is 9.64. The summed E-state index contributed by atoms with van der Waals surface area (Å²) in [6.07, 6.45) is 3.23. The number of halogens is 2. The van der Waals surface area contributed by atoms with E-state index >= 15 is 0 Å². The predicted molar refractivity (Wildman–Crippen MR) is 116 cm³/mol. The summed E-state index contributed by atoms with van der Waals surface area (Å²) in [5.41, 5.74) is 10.4. The van der Waals surface area contributed by atoms with Gasteiger partial charge in [-0.2, -0.15) is 5.10 Å². The van der Waals surface area contributed by atoms with Crippen LogP contribution in [0.15, 0.2) is 54.9 Å². The molecule has 2 heterocycles. The molecule has 2 aromatic heterocycles. The summed E-state index contributed by atoms with van der Waals surface area (Å²) in [5, 5.41) is 11.3. The SMILES string of the molecule is CC(N)c1ccc(C(=O)Nc2ccnc3[nH]ncc23)cc1-c1ccc(Cl)c(Cl)c1. The Kier molecular flexibility index (Phi) is 5.24. The number of pyridine rings is 1. The maximum Gasteiger partial charge on any atom is 0.255 e. The van der Waals surface area contributed by atoms with Gasteiger partial charge in [-0.25, -0.2) is 4.98 Å². The number of hydrogen-bond acceptors (Lipinski definition) is 4. The van der Waals surface area contributed by atoms with Crippen LogP contribution in [0.4, 0.5) is 5.69 Å². The van der Waals surface area contributed by atoms with Gasteiger partial charge < -0.3 is 11.1 Å². The van der Waals surface area contributed by atoms with E-state index in [2.05, 4.69) is 20.5 Å². The molecule has 4 N–H and O–H groups in total. The summed E-state index contributed by atoms with van der Waals surface area (Å²) in [5.74, 6) is -0.253. The first kappa shape index (κ1) is 19.4. The number of anilines is 1. The Balaban J connectivity index is 1.73. The van der Waals surface area contributed by atoms with Crippen LogP contribution < -0.4 is 11.1 Å². The lowest BCUT2D eigenvalue weighted by molar-refractivity contribution is 0.102.